The molecule has 1 unspecified atom stereocenters. The van der Waals surface area contributed by atoms with Crippen LogP contribution in [-0.4, -0.2) is 7.05 Å². The van der Waals surface area contributed by atoms with E-state index in [4.69, 9.17) is 11.6 Å². The van der Waals surface area contributed by atoms with E-state index in [9.17, 15) is 4.39 Å². The van der Waals surface area contributed by atoms with Gasteiger partial charge in [0.25, 0.3) is 0 Å². The third-order valence-electron chi connectivity index (χ3n) is 3.08. The lowest BCUT2D eigenvalue weighted by atomic mass is 9.97. The summed E-state index contributed by atoms with van der Waals surface area (Å²) in [4.78, 5) is 0. The smallest absolute Gasteiger partial charge is 0.126 e. The van der Waals surface area contributed by atoms with Gasteiger partial charge in [0.1, 0.15) is 5.82 Å². The number of halogens is 3. The summed E-state index contributed by atoms with van der Waals surface area (Å²) < 4.78 is 14.2. The highest BCUT2D eigenvalue weighted by Gasteiger charge is 2.14. The standard InChI is InChI=1S/C15H14BrClFN/c1-9-7-10(4-6-14(9)18)15(19-2)11-3-5-13(17)12(16)8-11/h3-8,15,19H,1-2H3. The molecule has 1 N–H and O–H groups in total. The Labute approximate surface area is 125 Å². The third kappa shape index (κ3) is 3.16. The molecule has 0 bridgehead atoms. The molecule has 0 heterocycles. The zero-order chi connectivity index (χ0) is 14.0. The van der Waals surface area contributed by atoms with Gasteiger partial charge in [-0.25, -0.2) is 4.39 Å². The maximum atomic E-state index is 13.3. The molecule has 0 aliphatic rings. The van der Waals surface area contributed by atoms with E-state index in [1.165, 1.54) is 6.07 Å². The van der Waals surface area contributed by atoms with Gasteiger partial charge in [-0.15, -0.1) is 0 Å². The van der Waals surface area contributed by atoms with Gasteiger partial charge in [-0.3, -0.25) is 0 Å². The molecule has 0 radical (unpaired) electrons. The van der Waals surface area contributed by atoms with Gasteiger partial charge >= 0.3 is 0 Å². The number of rotatable bonds is 3. The number of nitrogens with one attached hydrogen (secondary N) is 1. The lowest BCUT2D eigenvalue weighted by Crippen LogP contribution is -2.17. The first-order valence-electron chi connectivity index (χ1n) is 5.91. The largest absolute Gasteiger partial charge is 0.309 e. The molecule has 0 aliphatic heterocycles. The van der Waals surface area contributed by atoms with Crippen molar-refractivity contribution in [1.82, 2.24) is 5.32 Å². The van der Waals surface area contributed by atoms with Crippen LogP contribution in [0.5, 0.6) is 0 Å². The lowest BCUT2D eigenvalue weighted by Gasteiger charge is -2.18. The lowest BCUT2D eigenvalue weighted by molar-refractivity contribution is 0.614. The summed E-state index contributed by atoms with van der Waals surface area (Å²) >= 11 is 9.43. The molecule has 100 valence electrons. The Morgan fingerprint density at radius 1 is 1.16 bits per heavy atom. The Kier molecular flexibility index (Phi) is 4.61. The Bertz CT molecular complexity index is 549. The second-order valence-electron chi connectivity index (χ2n) is 4.40. The highest BCUT2D eigenvalue weighted by Crippen LogP contribution is 2.29. The molecular formula is C15H14BrClFN. The molecule has 19 heavy (non-hydrogen) atoms. The first-order chi connectivity index (χ1) is 9.02. The summed E-state index contributed by atoms with van der Waals surface area (Å²) in [6, 6.07) is 11.0. The summed E-state index contributed by atoms with van der Waals surface area (Å²) in [5.74, 6) is -0.184. The monoisotopic (exact) mass is 341 g/mol. The van der Waals surface area contributed by atoms with Gasteiger partial charge in [-0.05, 0) is 64.8 Å². The van der Waals surface area contributed by atoms with E-state index >= 15 is 0 Å². The molecule has 4 heteroatoms. The molecule has 0 fully saturated rings. The van der Waals surface area contributed by atoms with Crippen molar-refractivity contribution in [2.75, 3.05) is 7.05 Å². The first-order valence-corrected chi connectivity index (χ1v) is 7.08. The molecule has 0 spiro atoms. The van der Waals surface area contributed by atoms with Gasteiger partial charge in [-0.1, -0.05) is 29.8 Å². The number of hydrogen-bond donors (Lipinski definition) is 1. The number of hydrogen-bond acceptors (Lipinski definition) is 1. The average Bonchev–Trinajstić information content (AvgIpc) is 2.39. The van der Waals surface area contributed by atoms with Gasteiger partial charge < -0.3 is 5.32 Å². The second kappa shape index (κ2) is 6.04. The van der Waals surface area contributed by atoms with Gasteiger partial charge in [0.2, 0.25) is 0 Å². The van der Waals surface area contributed by atoms with Crippen LogP contribution in [0.4, 0.5) is 4.39 Å². The fourth-order valence-corrected chi connectivity index (χ4v) is 2.58. The zero-order valence-electron chi connectivity index (χ0n) is 10.7. The minimum Gasteiger partial charge on any atom is -0.309 e. The van der Waals surface area contributed by atoms with Crippen molar-refractivity contribution < 1.29 is 4.39 Å². The molecule has 0 aliphatic carbocycles. The highest BCUT2D eigenvalue weighted by atomic mass is 79.9. The Hall–Kier alpha value is -0.900. The molecule has 0 saturated heterocycles. The predicted octanol–water partition coefficient (Wildman–Crippen LogP) is 4.86. The van der Waals surface area contributed by atoms with Crippen molar-refractivity contribution in [1.29, 1.82) is 0 Å². The quantitative estimate of drug-likeness (QED) is 0.840. The summed E-state index contributed by atoms with van der Waals surface area (Å²) in [6.45, 7) is 1.77. The Morgan fingerprint density at radius 2 is 1.79 bits per heavy atom. The van der Waals surface area contributed by atoms with Crippen molar-refractivity contribution in [2.45, 2.75) is 13.0 Å². The first kappa shape index (κ1) is 14.5. The number of benzene rings is 2. The molecule has 2 aromatic carbocycles. The maximum Gasteiger partial charge on any atom is 0.126 e. The molecule has 1 nitrogen and oxygen atoms in total. The molecule has 0 aromatic heterocycles. The maximum absolute atomic E-state index is 13.3. The fourth-order valence-electron chi connectivity index (χ4n) is 2.07. The van der Waals surface area contributed by atoms with Crippen molar-refractivity contribution in [3.8, 4) is 0 Å². The van der Waals surface area contributed by atoms with E-state index in [1.54, 1.807) is 13.0 Å². The van der Waals surface area contributed by atoms with Crippen LogP contribution >= 0.6 is 27.5 Å². The number of aryl methyl sites for hydroxylation is 1. The van der Waals surface area contributed by atoms with Gasteiger partial charge in [0, 0.05) is 4.47 Å². The summed E-state index contributed by atoms with van der Waals surface area (Å²) in [6.07, 6.45) is 0. The van der Waals surface area contributed by atoms with Crippen molar-refractivity contribution in [2.24, 2.45) is 0 Å². The SMILES string of the molecule is CNC(c1ccc(F)c(C)c1)c1ccc(Cl)c(Br)c1. The van der Waals surface area contributed by atoms with E-state index in [0.717, 1.165) is 15.6 Å². The predicted molar refractivity (Wildman–Crippen MR) is 81.2 cm³/mol. The highest BCUT2D eigenvalue weighted by molar-refractivity contribution is 9.10. The van der Waals surface area contributed by atoms with Crippen LogP contribution in [0, 0.1) is 12.7 Å². The molecule has 1 atom stereocenters. The van der Waals surface area contributed by atoms with Crippen LogP contribution in [0.25, 0.3) is 0 Å². The summed E-state index contributed by atoms with van der Waals surface area (Å²) in [7, 11) is 1.88. The fraction of sp³-hybridized carbons (Fsp3) is 0.200. The summed E-state index contributed by atoms with van der Waals surface area (Å²) in [5.41, 5.74) is 2.74. The molecule has 2 aromatic rings. The van der Waals surface area contributed by atoms with Crippen LogP contribution in [0.1, 0.15) is 22.7 Å². The molecular weight excluding hydrogens is 329 g/mol. The van der Waals surface area contributed by atoms with Gasteiger partial charge in [0.15, 0.2) is 0 Å². The average molecular weight is 343 g/mol. The topological polar surface area (TPSA) is 12.0 Å². The third-order valence-corrected chi connectivity index (χ3v) is 4.29. The normalized spacial score (nSPS) is 12.5. The van der Waals surface area contributed by atoms with Gasteiger partial charge in [-0.2, -0.15) is 0 Å². The molecule has 0 amide bonds. The van der Waals surface area contributed by atoms with Crippen LogP contribution < -0.4 is 5.32 Å². The van der Waals surface area contributed by atoms with Crippen molar-refractivity contribution >= 4 is 27.5 Å². The Morgan fingerprint density at radius 3 is 2.37 bits per heavy atom. The van der Waals surface area contributed by atoms with Crippen molar-refractivity contribution in [3.05, 3.63) is 68.4 Å². The zero-order valence-corrected chi connectivity index (χ0v) is 13.0. The van der Waals surface area contributed by atoms with Crippen LogP contribution in [0.15, 0.2) is 40.9 Å². The van der Waals surface area contributed by atoms with E-state index in [0.29, 0.717) is 10.6 Å². The van der Waals surface area contributed by atoms with Crippen LogP contribution in [-0.2, 0) is 0 Å². The Balaban J connectivity index is 2.43. The van der Waals surface area contributed by atoms with Gasteiger partial charge in [0.05, 0.1) is 11.1 Å². The minimum absolute atomic E-state index is 0.00728. The minimum atomic E-state index is -0.184. The second-order valence-corrected chi connectivity index (χ2v) is 5.67. The van der Waals surface area contributed by atoms with E-state index in [-0.39, 0.29) is 11.9 Å². The van der Waals surface area contributed by atoms with E-state index < -0.39 is 0 Å². The van der Waals surface area contributed by atoms with E-state index in [1.807, 2.05) is 31.3 Å². The van der Waals surface area contributed by atoms with Crippen molar-refractivity contribution in [3.63, 3.8) is 0 Å². The van der Waals surface area contributed by atoms with Crippen LogP contribution in [0.2, 0.25) is 5.02 Å². The summed E-state index contributed by atoms with van der Waals surface area (Å²) in [5, 5.41) is 3.92. The van der Waals surface area contributed by atoms with Crippen LogP contribution in [0.3, 0.4) is 0 Å². The molecule has 0 saturated carbocycles. The van der Waals surface area contributed by atoms with E-state index in [2.05, 4.69) is 21.2 Å². The molecule has 2 rings (SSSR count).